The number of halogens is 2. The monoisotopic (exact) mass is 317 g/mol. The van der Waals surface area contributed by atoms with Gasteiger partial charge >= 0.3 is 6.61 Å². The molecule has 3 nitrogen and oxygen atoms in total. The van der Waals surface area contributed by atoms with Gasteiger partial charge in [-0.15, -0.1) is 0 Å². The number of anilines is 1. The van der Waals surface area contributed by atoms with E-state index in [1.165, 1.54) is 6.07 Å². The van der Waals surface area contributed by atoms with Crippen molar-refractivity contribution in [1.29, 1.82) is 0 Å². The second-order valence-electron chi connectivity index (χ2n) is 5.75. The van der Waals surface area contributed by atoms with Crippen LogP contribution in [-0.2, 0) is 0 Å². The third-order valence-corrected chi connectivity index (χ3v) is 4.91. The molecule has 118 valence electrons. The van der Waals surface area contributed by atoms with E-state index in [-0.39, 0.29) is 17.2 Å². The Morgan fingerprint density at radius 3 is 2.76 bits per heavy atom. The highest BCUT2D eigenvalue weighted by Gasteiger charge is 2.33. The Bertz CT molecular complexity index is 483. The average molecular weight is 317 g/mol. The number of rotatable bonds is 5. The SMILES string of the molecule is COc1ccc(OC(F)F)c(NC2CSCCC2(C)C)c1. The highest BCUT2D eigenvalue weighted by molar-refractivity contribution is 7.99. The van der Waals surface area contributed by atoms with Crippen LogP contribution in [0.3, 0.4) is 0 Å². The van der Waals surface area contributed by atoms with Crippen molar-refractivity contribution >= 4 is 17.4 Å². The van der Waals surface area contributed by atoms with E-state index in [1.807, 2.05) is 11.8 Å². The fourth-order valence-corrected chi connectivity index (χ4v) is 3.92. The van der Waals surface area contributed by atoms with Gasteiger partial charge in [0.05, 0.1) is 12.8 Å². The molecule has 0 amide bonds. The number of thioether (sulfide) groups is 1. The number of alkyl halides is 2. The van der Waals surface area contributed by atoms with Gasteiger partial charge in [0.25, 0.3) is 0 Å². The zero-order valence-electron chi connectivity index (χ0n) is 12.5. The summed E-state index contributed by atoms with van der Waals surface area (Å²) in [6.45, 7) is 1.55. The minimum atomic E-state index is -2.84. The number of ether oxygens (including phenoxy) is 2. The Morgan fingerprint density at radius 2 is 2.14 bits per heavy atom. The quantitative estimate of drug-likeness (QED) is 0.880. The van der Waals surface area contributed by atoms with Gasteiger partial charge in [0, 0.05) is 17.9 Å². The van der Waals surface area contributed by atoms with Crippen molar-refractivity contribution in [3.8, 4) is 11.5 Å². The minimum absolute atomic E-state index is 0.108. The van der Waals surface area contributed by atoms with Gasteiger partial charge in [-0.25, -0.2) is 0 Å². The predicted molar refractivity (Wildman–Crippen MR) is 82.8 cm³/mol. The fraction of sp³-hybridized carbons (Fsp3) is 0.600. The molecule has 0 aliphatic carbocycles. The standard InChI is InChI=1S/C15H21F2NO2S/c1-15(2)6-7-21-9-13(15)18-11-8-10(19-3)4-5-12(11)20-14(16)17/h4-5,8,13-14,18H,6-7,9H2,1-3H3. The largest absolute Gasteiger partial charge is 0.497 e. The number of hydrogen-bond donors (Lipinski definition) is 1. The van der Waals surface area contributed by atoms with Gasteiger partial charge in [-0.1, -0.05) is 13.8 Å². The summed E-state index contributed by atoms with van der Waals surface area (Å²) in [4.78, 5) is 0. The van der Waals surface area contributed by atoms with E-state index in [2.05, 4.69) is 23.9 Å². The van der Waals surface area contributed by atoms with Gasteiger partial charge in [0.15, 0.2) is 0 Å². The molecule has 1 fully saturated rings. The van der Waals surface area contributed by atoms with E-state index in [4.69, 9.17) is 4.74 Å². The second-order valence-corrected chi connectivity index (χ2v) is 6.90. The van der Waals surface area contributed by atoms with E-state index < -0.39 is 6.61 Å². The van der Waals surface area contributed by atoms with E-state index in [0.717, 1.165) is 17.9 Å². The fourth-order valence-electron chi connectivity index (χ4n) is 2.31. The summed E-state index contributed by atoms with van der Waals surface area (Å²) >= 11 is 1.87. The molecule has 0 spiro atoms. The zero-order chi connectivity index (χ0) is 15.5. The van der Waals surface area contributed by atoms with Crippen LogP contribution < -0.4 is 14.8 Å². The highest BCUT2D eigenvalue weighted by Crippen LogP contribution is 2.39. The molecule has 1 saturated heterocycles. The van der Waals surface area contributed by atoms with Crippen molar-refractivity contribution in [2.24, 2.45) is 5.41 Å². The highest BCUT2D eigenvalue weighted by atomic mass is 32.2. The summed E-state index contributed by atoms with van der Waals surface area (Å²) in [6, 6.07) is 5.02. The summed E-state index contributed by atoms with van der Waals surface area (Å²) < 4.78 is 34.8. The summed E-state index contributed by atoms with van der Waals surface area (Å²) in [5, 5.41) is 3.36. The molecule has 1 aromatic carbocycles. The lowest BCUT2D eigenvalue weighted by Crippen LogP contribution is -2.41. The third kappa shape index (κ3) is 4.15. The van der Waals surface area contributed by atoms with Crippen molar-refractivity contribution in [3.63, 3.8) is 0 Å². The van der Waals surface area contributed by atoms with Crippen LogP contribution in [0.15, 0.2) is 18.2 Å². The van der Waals surface area contributed by atoms with E-state index >= 15 is 0 Å². The molecule has 0 bridgehead atoms. The van der Waals surface area contributed by atoms with Crippen molar-refractivity contribution in [2.75, 3.05) is 23.9 Å². The van der Waals surface area contributed by atoms with Gasteiger partial charge in [-0.3, -0.25) is 0 Å². The van der Waals surface area contributed by atoms with E-state index in [1.54, 1.807) is 19.2 Å². The van der Waals surface area contributed by atoms with Crippen LogP contribution in [0.25, 0.3) is 0 Å². The summed E-state index contributed by atoms with van der Waals surface area (Å²) in [5.74, 6) is 2.83. The van der Waals surface area contributed by atoms with Crippen LogP contribution in [0.1, 0.15) is 20.3 Å². The first-order chi connectivity index (χ1) is 9.92. The predicted octanol–water partition coefficient (Wildman–Crippen LogP) is 4.24. The topological polar surface area (TPSA) is 30.5 Å². The van der Waals surface area contributed by atoms with Crippen LogP contribution >= 0.6 is 11.8 Å². The minimum Gasteiger partial charge on any atom is -0.497 e. The molecule has 1 aromatic rings. The lowest BCUT2D eigenvalue weighted by atomic mass is 9.82. The molecule has 6 heteroatoms. The molecule has 2 rings (SSSR count). The van der Waals surface area contributed by atoms with Crippen molar-refractivity contribution < 1.29 is 18.3 Å². The Labute approximate surface area is 128 Å². The first kappa shape index (κ1) is 16.2. The number of nitrogens with one attached hydrogen (secondary N) is 1. The third-order valence-electron chi connectivity index (χ3n) is 3.85. The number of methoxy groups -OCH3 is 1. The molecule has 1 aliphatic heterocycles. The molecule has 0 radical (unpaired) electrons. The Morgan fingerprint density at radius 1 is 1.38 bits per heavy atom. The van der Waals surface area contributed by atoms with Gasteiger partial charge in [-0.2, -0.15) is 20.5 Å². The molecular weight excluding hydrogens is 296 g/mol. The maximum atomic E-state index is 12.5. The number of hydrogen-bond acceptors (Lipinski definition) is 4. The normalized spacial score (nSPS) is 21.1. The second kappa shape index (κ2) is 6.73. The summed E-state index contributed by atoms with van der Waals surface area (Å²) in [7, 11) is 1.55. The number of benzene rings is 1. The lowest BCUT2D eigenvalue weighted by molar-refractivity contribution is -0.0494. The van der Waals surface area contributed by atoms with Crippen molar-refractivity contribution in [3.05, 3.63) is 18.2 Å². The molecule has 1 atom stereocenters. The maximum absolute atomic E-state index is 12.5. The summed E-state index contributed by atoms with van der Waals surface area (Å²) in [5.41, 5.74) is 0.659. The van der Waals surface area contributed by atoms with Crippen LogP contribution in [0.2, 0.25) is 0 Å². The van der Waals surface area contributed by atoms with Crippen LogP contribution in [-0.4, -0.2) is 31.3 Å². The van der Waals surface area contributed by atoms with Crippen LogP contribution in [0, 0.1) is 5.41 Å². The van der Waals surface area contributed by atoms with Gasteiger partial charge in [0.2, 0.25) is 0 Å². The van der Waals surface area contributed by atoms with E-state index in [0.29, 0.717) is 11.4 Å². The first-order valence-electron chi connectivity index (χ1n) is 6.89. The smallest absolute Gasteiger partial charge is 0.387 e. The van der Waals surface area contributed by atoms with Gasteiger partial charge in [0.1, 0.15) is 11.5 Å². The molecule has 1 unspecified atom stereocenters. The van der Waals surface area contributed by atoms with E-state index in [9.17, 15) is 8.78 Å². The average Bonchev–Trinajstić information content (AvgIpc) is 2.42. The molecule has 1 heterocycles. The zero-order valence-corrected chi connectivity index (χ0v) is 13.3. The van der Waals surface area contributed by atoms with Crippen molar-refractivity contribution in [1.82, 2.24) is 0 Å². The molecule has 1 N–H and O–H groups in total. The summed E-state index contributed by atoms with van der Waals surface area (Å²) in [6.07, 6.45) is 1.09. The molecule has 21 heavy (non-hydrogen) atoms. The van der Waals surface area contributed by atoms with Crippen LogP contribution in [0.5, 0.6) is 11.5 Å². The van der Waals surface area contributed by atoms with Gasteiger partial charge in [-0.05, 0) is 29.7 Å². The molecule has 1 aliphatic rings. The molecular formula is C15H21F2NO2S. The molecule has 0 saturated carbocycles. The maximum Gasteiger partial charge on any atom is 0.387 e. The van der Waals surface area contributed by atoms with Crippen LogP contribution in [0.4, 0.5) is 14.5 Å². The Kier molecular flexibility index (Phi) is 5.19. The Hall–Kier alpha value is -1.17. The Balaban J connectivity index is 2.23. The molecule has 0 aromatic heterocycles. The lowest BCUT2D eigenvalue weighted by Gasteiger charge is -2.39. The first-order valence-corrected chi connectivity index (χ1v) is 8.05. The van der Waals surface area contributed by atoms with Gasteiger partial charge < -0.3 is 14.8 Å². The van der Waals surface area contributed by atoms with Crippen molar-refractivity contribution in [2.45, 2.75) is 32.9 Å².